The molecule has 26 heavy (non-hydrogen) atoms. The van der Waals surface area contributed by atoms with E-state index in [4.69, 9.17) is 0 Å². The summed E-state index contributed by atoms with van der Waals surface area (Å²) in [5.74, 6) is 0.218. The molecule has 0 aliphatic heterocycles. The van der Waals surface area contributed by atoms with Gasteiger partial charge in [0.2, 0.25) is 0 Å². The topological polar surface area (TPSA) is 41.8 Å². The number of hydrogen-bond donors (Lipinski definition) is 0. The fraction of sp³-hybridized carbons (Fsp3) is 0.174. The standard InChI is InChI=1S/C23H22N2O/c1-2-3-9-23(26)20-12-10-18(11-13-20)19-14-16-22(17-15-19)25-24-21-7-5-4-6-8-21/h4-8,10-17H,2-3,9H2,1H3. The molecular formula is C23H22N2O. The maximum Gasteiger partial charge on any atom is 0.162 e. The van der Waals surface area contributed by atoms with Crippen LogP contribution >= 0.6 is 0 Å². The van der Waals surface area contributed by atoms with Crippen LogP contribution in [0.5, 0.6) is 0 Å². The molecule has 0 aliphatic rings. The second-order valence-electron chi connectivity index (χ2n) is 6.19. The Hall–Kier alpha value is -3.07. The van der Waals surface area contributed by atoms with Crippen LogP contribution < -0.4 is 0 Å². The lowest BCUT2D eigenvalue weighted by molar-refractivity contribution is 0.0980. The molecule has 0 unspecified atom stereocenters. The van der Waals surface area contributed by atoms with Gasteiger partial charge in [-0.15, -0.1) is 0 Å². The van der Waals surface area contributed by atoms with Crippen LogP contribution in [0.25, 0.3) is 11.1 Å². The van der Waals surface area contributed by atoms with Gasteiger partial charge in [-0.2, -0.15) is 10.2 Å². The summed E-state index contributed by atoms with van der Waals surface area (Å²) in [5.41, 5.74) is 4.61. The van der Waals surface area contributed by atoms with Gasteiger partial charge in [-0.25, -0.2) is 0 Å². The van der Waals surface area contributed by atoms with Gasteiger partial charge >= 0.3 is 0 Å². The number of rotatable bonds is 7. The highest BCUT2D eigenvalue weighted by molar-refractivity contribution is 5.96. The first-order chi connectivity index (χ1) is 12.8. The summed E-state index contributed by atoms with van der Waals surface area (Å²) in [6.45, 7) is 2.10. The van der Waals surface area contributed by atoms with Crippen molar-refractivity contribution in [2.75, 3.05) is 0 Å². The minimum atomic E-state index is 0.218. The number of carbonyl (C=O) groups excluding carboxylic acids is 1. The second kappa shape index (κ2) is 8.86. The molecule has 0 fully saturated rings. The van der Waals surface area contributed by atoms with Gasteiger partial charge in [-0.1, -0.05) is 67.9 Å². The number of hydrogen-bond acceptors (Lipinski definition) is 3. The minimum absolute atomic E-state index is 0.218. The van der Waals surface area contributed by atoms with Gasteiger partial charge in [0.1, 0.15) is 0 Å². The number of nitrogens with zero attached hydrogens (tertiary/aromatic N) is 2. The highest BCUT2D eigenvalue weighted by Gasteiger charge is 2.05. The number of carbonyl (C=O) groups is 1. The largest absolute Gasteiger partial charge is 0.294 e. The molecule has 3 aromatic carbocycles. The summed E-state index contributed by atoms with van der Waals surface area (Å²) >= 11 is 0. The quantitative estimate of drug-likeness (QED) is 0.332. The zero-order chi connectivity index (χ0) is 18.2. The highest BCUT2D eigenvalue weighted by Crippen LogP contribution is 2.24. The fourth-order valence-corrected chi connectivity index (χ4v) is 2.66. The van der Waals surface area contributed by atoms with Gasteiger partial charge in [0.05, 0.1) is 11.4 Å². The van der Waals surface area contributed by atoms with E-state index in [0.717, 1.165) is 40.9 Å². The average Bonchev–Trinajstić information content (AvgIpc) is 2.72. The van der Waals surface area contributed by atoms with E-state index in [1.165, 1.54) is 0 Å². The molecule has 0 N–H and O–H groups in total. The van der Waals surface area contributed by atoms with Crippen LogP contribution in [0.3, 0.4) is 0 Å². The number of unbranched alkanes of at least 4 members (excludes halogenated alkanes) is 1. The molecule has 130 valence electrons. The molecule has 0 radical (unpaired) electrons. The van der Waals surface area contributed by atoms with Crippen LogP contribution in [0, 0.1) is 0 Å². The van der Waals surface area contributed by atoms with Gasteiger partial charge in [-0.05, 0) is 41.8 Å². The summed E-state index contributed by atoms with van der Waals surface area (Å²) < 4.78 is 0. The highest BCUT2D eigenvalue weighted by atomic mass is 16.1. The molecular weight excluding hydrogens is 320 g/mol. The van der Waals surface area contributed by atoms with Crippen molar-refractivity contribution >= 4 is 17.2 Å². The van der Waals surface area contributed by atoms with Crippen LogP contribution in [0.4, 0.5) is 11.4 Å². The Labute approximate surface area is 154 Å². The molecule has 0 saturated heterocycles. The van der Waals surface area contributed by atoms with E-state index in [9.17, 15) is 4.79 Å². The lowest BCUT2D eigenvalue weighted by Gasteiger charge is -2.04. The molecule has 0 bridgehead atoms. The SMILES string of the molecule is CCCCC(=O)c1ccc(-c2ccc(N=Nc3ccccc3)cc2)cc1. The Kier molecular flexibility index (Phi) is 6.05. The molecule has 3 nitrogen and oxygen atoms in total. The van der Waals surface area contributed by atoms with E-state index < -0.39 is 0 Å². The molecule has 0 atom stereocenters. The Morgan fingerprint density at radius 3 is 1.85 bits per heavy atom. The normalized spacial score (nSPS) is 11.0. The molecule has 3 aromatic rings. The van der Waals surface area contributed by atoms with Crippen LogP contribution in [0.15, 0.2) is 89.1 Å². The lowest BCUT2D eigenvalue weighted by Crippen LogP contribution is -1.98. The minimum Gasteiger partial charge on any atom is -0.294 e. The third-order valence-electron chi connectivity index (χ3n) is 4.20. The van der Waals surface area contributed by atoms with E-state index in [0.29, 0.717) is 6.42 Å². The molecule has 0 saturated carbocycles. The van der Waals surface area contributed by atoms with E-state index in [-0.39, 0.29) is 5.78 Å². The van der Waals surface area contributed by atoms with Crippen molar-refractivity contribution in [3.05, 3.63) is 84.4 Å². The number of Topliss-reactive ketones (excluding diaryl/α,β-unsaturated/α-hetero) is 1. The van der Waals surface area contributed by atoms with Crippen molar-refractivity contribution in [1.82, 2.24) is 0 Å². The monoisotopic (exact) mass is 342 g/mol. The van der Waals surface area contributed by atoms with Crippen LogP contribution in [0.2, 0.25) is 0 Å². The van der Waals surface area contributed by atoms with Gasteiger partial charge < -0.3 is 0 Å². The third-order valence-corrected chi connectivity index (χ3v) is 4.20. The van der Waals surface area contributed by atoms with Crippen molar-refractivity contribution in [1.29, 1.82) is 0 Å². The van der Waals surface area contributed by atoms with E-state index in [1.54, 1.807) is 0 Å². The van der Waals surface area contributed by atoms with Crippen molar-refractivity contribution < 1.29 is 4.79 Å². The van der Waals surface area contributed by atoms with Crippen LogP contribution in [0.1, 0.15) is 36.5 Å². The predicted molar refractivity (Wildman–Crippen MR) is 106 cm³/mol. The van der Waals surface area contributed by atoms with Gasteiger partial charge in [0.15, 0.2) is 5.78 Å². The molecule has 0 aliphatic carbocycles. The summed E-state index contributed by atoms with van der Waals surface area (Å²) in [5, 5.41) is 8.48. The van der Waals surface area contributed by atoms with E-state index in [1.807, 2.05) is 78.9 Å². The Balaban J connectivity index is 1.68. The number of azo groups is 1. The second-order valence-corrected chi connectivity index (χ2v) is 6.19. The third kappa shape index (κ3) is 4.73. The lowest BCUT2D eigenvalue weighted by atomic mass is 10.0. The van der Waals surface area contributed by atoms with Gasteiger partial charge in [0.25, 0.3) is 0 Å². The maximum atomic E-state index is 12.1. The van der Waals surface area contributed by atoms with E-state index in [2.05, 4.69) is 17.2 Å². The first-order valence-electron chi connectivity index (χ1n) is 8.97. The summed E-state index contributed by atoms with van der Waals surface area (Å²) in [7, 11) is 0. The molecule has 0 aromatic heterocycles. The number of benzene rings is 3. The molecule has 3 heteroatoms. The summed E-state index contributed by atoms with van der Waals surface area (Å²) in [6, 6.07) is 25.4. The van der Waals surface area contributed by atoms with Crippen molar-refractivity contribution in [2.45, 2.75) is 26.2 Å². The molecule has 0 spiro atoms. The summed E-state index contributed by atoms with van der Waals surface area (Å²) in [6.07, 6.45) is 2.61. The van der Waals surface area contributed by atoms with Crippen molar-refractivity contribution in [3.8, 4) is 11.1 Å². The van der Waals surface area contributed by atoms with Gasteiger partial charge in [-0.3, -0.25) is 4.79 Å². The fourth-order valence-electron chi connectivity index (χ4n) is 2.66. The first-order valence-corrected chi connectivity index (χ1v) is 8.97. The van der Waals surface area contributed by atoms with E-state index >= 15 is 0 Å². The molecule has 0 amide bonds. The Morgan fingerprint density at radius 2 is 1.27 bits per heavy atom. The summed E-state index contributed by atoms with van der Waals surface area (Å²) in [4.78, 5) is 12.1. The van der Waals surface area contributed by atoms with Crippen LogP contribution in [-0.4, -0.2) is 5.78 Å². The Bertz CT molecular complexity index is 866. The average molecular weight is 342 g/mol. The smallest absolute Gasteiger partial charge is 0.162 e. The predicted octanol–water partition coefficient (Wildman–Crippen LogP) is 7.14. The zero-order valence-corrected chi connectivity index (χ0v) is 14.9. The van der Waals surface area contributed by atoms with Crippen LogP contribution in [-0.2, 0) is 0 Å². The molecule has 0 heterocycles. The molecule has 3 rings (SSSR count). The zero-order valence-electron chi connectivity index (χ0n) is 14.9. The maximum absolute atomic E-state index is 12.1. The van der Waals surface area contributed by atoms with Crippen molar-refractivity contribution in [3.63, 3.8) is 0 Å². The first kappa shape index (κ1) is 17.7. The Morgan fingerprint density at radius 1 is 0.731 bits per heavy atom. The number of ketones is 1. The van der Waals surface area contributed by atoms with Gasteiger partial charge in [0, 0.05) is 12.0 Å². The van der Waals surface area contributed by atoms with Crippen molar-refractivity contribution in [2.24, 2.45) is 10.2 Å².